The lowest BCUT2D eigenvalue weighted by molar-refractivity contribution is -0.101. The van der Waals surface area contributed by atoms with Crippen LogP contribution in [0.4, 0.5) is 0 Å². The molecule has 0 N–H and O–H groups in total. The highest BCUT2D eigenvalue weighted by molar-refractivity contribution is 5.67. The molecule has 160 valence electrons. The van der Waals surface area contributed by atoms with Gasteiger partial charge in [-0.1, -0.05) is 11.1 Å². The maximum absolute atomic E-state index is 6.14. The first-order valence-corrected chi connectivity index (χ1v) is 10.5. The third-order valence-corrected chi connectivity index (χ3v) is 8.01. The first-order chi connectivity index (χ1) is 13.6. The Bertz CT molecular complexity index is 594. The summed E-state index contributed by atoms with van der Waals surface area (Å²) in [5.41, 5.74) is 3.82. The standard InChI is InChI=1S/C22H36O6/c1-15(2)16-17-19-20(17,12-26-9-6-23-3)22(14-28-11-8-25-5)18(16)21(19,22)13-27-10-7-24-4/h17-19H,6-14H2,1-5H3/t17-,18+,19-,20+,21+,22-/m0/s1. The van der Waals surface area contributed by atoms with E-state index in [0.717, 1.165) is 19.8 Å². The quantitative estimate of drug-likeness (QED) is 0.312. The molecule has 0 unspecified atom stereocenters. The van der Waals surface area contributed by atoms with Crippen LogP contribution in [0.5, 0.6) is 0 Å². The summed E-state index contributed by atoms with van der Waals surface area (Å²) in [6, 6.07) is 0. The molecule has 0 aliphatic heterocycles. The van der Waals surface area contributed by atoms with Gasteiger partial charge in [0.2, 0.25) is 0 Å². The Morgan fingerprint density at radius 3 is 1.71 bits per heavy atom. The van der Waals surface area contributed by atoms with Crippen LogP contribution >= 0.6 is 0 Å². The largest absolute Gasteiger partial charge is 0.382 e. The van der Waals surface area contributed by atoms with Gasteiger partial charge in [0.15, 0.2) is 0 Å². The van der Waals surface area contributed by atoms with Crippen LogP contribution in [0.15, 0.2) is 11.1 Å². The molecule has 6 heteroatoms. The van der Waals surface area contributed by atoms with E-state index in [1.54, 1.807) is 26.9 Å². The van der Waals surface area contributed by atoms with Crippen LogP contribution in [0.25, 0.3) is 0 Å². The third-order valence-electron chi connectivity index (χ3n) is 8.01. The summed E-state index contributed by atoms with van der Waals surface area (Å²) >= 11 is 0. The topological polar surface area (TPSA) is 55.4 Å². The van der Waals surface area contributed by atoms with E-state index in [0.29, 0.717) is 57.4 Å². The van der Waals surface area contributed by atoms with Crippen LogP contribution in [0.3, 0.4) is 0 Å². The molecule has 6 atom stereocenters. The highest BCUT2D eigenvalue weighted by atomic mass is 16.5. The maximum Gasteiger partial charge on any atom is 0.0700 e. The summed E-state index contributed by atoms with van der Waals surface area (Å²) in [5.74, 6) is 1.93. The van der Waals surface area contributed by atoms with E-state index in [1.807, 2.05) is 0 Å². The molecule has 0 radical (unpaired) electrons. The van der Waals surface area contributed by atoms with Gasteiger partial charge in [0.1, 0.15) is 0 Å². The molecule has 28 heavy (non-hydrogen) atoms. The second kappa shape index (κ2) is 7.64. The van der Waals surface area contributed by atoms with Gasteiger partial charge in [-0.15, -0.1) is 0 Å². The van der Waals surface area contributed by atoms with Gasteiger partial charge >= 0.3 is 0 Å². The van der Waals surface area contributed by atoms with Crippen LogP contribution < -0.4 is 0 Å². The number of methoxy groups -OCH3 is 3. The Morgan fingerprint density at radius 2 is 1.21 bits per heavy atom. The number of hydrogen-bond donors (Lipinski definition) is 0. The van der Waals surface area contributed by atoms with Gasteiger partial charge in [-0.3, -0.25) is 0 Å². The highest BCUT2D eigenvalue weighted by Gasteiger charge is 3.12. The van der Waals surface area contributed by atoms with Crippen molar-refractivity contribution in [2.75, 3.05) is 80.8 Å². The second-order valence-corrected chi connectivity index (χ2v) is 9.03. The predicted molar refractivity (Wildman–Crippen MR) is 104 cm³/mol. The summed E-state index contributed by atoms with van der Waals surface area (Å²) in [7, 11) is 5.16. The lowest BCUT2D eigenvalue weighted by Gasteiger charge is -2.43. The average Bonchev–Trinajstić information content (AvgIpc) is 3.35. The van der Waals surface area contributed by atoms with Crippen molar-refractivity contribution in [2.45, 2.75) is 13.8 Å². The molecule has 5 fully saturated rings. The number of rotatable bonds is 15. The van der Waals surface area contributed by atoms with Crippen molar-refractivity contribution >= 4 is 0 Å². The van der Waals surface area contributed by atoms with Crippen LogP contribution in [-0.4, -0.2) is 80.8 Å². The Labute approximate surface area is 168 Å². The third kappa shape index (κ3) is 2.36. The molecule has 0 spiro atoms. The second-order valence-electron chi connectivity index (χ2n) is 9.03. The smallest absolute Gasteiger partial charge is 0.0700 e. The molecule has 0 aromatic heterocycles. The summed E-state index contributed by atoms with van der Waals surface area (Å²) in [5, 5.41) is 0. The van der Waals surface area contributed by atoms with Crippen LogP contribution in [0.1, 0.15) is 13.8 Å². The van der Waals surface area contributed by atoms with Crippen LogP contribution in [-0.2, 0) is 28.4 Å². The fourth-order valence-corrected chi connectivity index (χ4v) is 7.34. The highest BCUT2D eigenvalue weighted by Crippen LogP contribution is 3.11. The van der Waals surface area contributed by atoms with E-state index < -0.39 is 0 Å². The van der Waals surface area contributed by atoms with Crippen molar-refractivity contribution in [1.82, 2.24) is 0 Å². The van der Waals surface area contributed by atoms with Crippen molar-refractivity contribution < 1.29 is 28.4 Å². The number of ether oxygens (including phenoxy) is 6. The summed E-state index contributed by atoms with van der Waals surface area (Å²) in [6.07, 6.45) is 0. The fraction of sp³-hybridized carbons (Fsp3) is 0.909. The summed E-state index contributed by atoms with van der Waals surface area (Å²) < 4.78 is 33.8. The van der Waals surface area contributed by atoms with E-state index in [4.69, 9.17) is 28.4 Å². The molecule has 6 nitrogen and oxygen atoms in total. The molecule has 0 amide bonds. The lowest BCUT2D eigenvalue weighted by Crippen LogP contribution is -2.47. The van der Waals surface area contributed by atoms with Gasteiger partial charge in [0.25, 0.3) is 0 Å². The van der Waals surface area contributed by atoms with Crippen LogP contribution in [0.2, 0.25) is 0 Å². The molecule has 5 aliphatic rings. The van der Waals surface area contributed by atoms with E-state index in [9.17, 15) is 0 Å². The van der Waals surface area contributed by atoms with Gasteiger partial charge in [-0.05, 0) is 31.6 Å². The Balaban J connectivity index is 1.51. The minimum atomic E-state index is 0.176. The minimum Gasteiger partial charge on any atom is -0.382 e. The monoisotopic (exact) mass is 396 g/mol. The minimum absolute atomic E-state index is 0.176. The zero-order valence-corrected chi connectivity index (χ0v) is 18.0. The summed E-state index contributed by atoms with van der Waals surface area (Å²) in [6.45, 7) is 10.8. The molecule has 5 saturated carbocycles. The van der Waals surface area contributed by atoms with Crippen molar-refractivity contribution in [1.29, 1.82) is 0 Å². The van der Waals surface area contributed by atoms with Crippen molar-refractivity contribution in [2.24, 2.45) is 34.0 Å². The molecule has 0 saturated heterocycles. The Morgan fingerprint density at radius 1 is 0.714 bits per heavy atom. The van der Waals surface area contributed by atoms with Crippen LogP contribution in [0, 0.1) is 34.0 Å². The summed E-state index contributed by atoms with van der Waals surface area (Å²) in [4.78, 5) is 0. The van der Waals surface area contributed by atoms with Gasteiger partial charge in [0.05, 0.1) is 59.5 Å². The molecular formula is C22H36O6. The van der Waals surface area contributed by atoms with Gasteiger partial charge in [-0.2, -0.15) is 0 Å². The molecule has 5 aliphatic carbocycles. The van der Waals surface area contributed by atoms with E-state index in [2.05, 4.69) is 13.8 Å². The van der Waals surface area contributed by atoms with E-state index in [1.165, 1.54) is 5.57 Å². The zero-order chi connectivity index (χ0) is 20.0. The first kappa shape index (κ1) is 20.8. The molecule has 0 heterocycles. The molecule has 2 bridgehead atoms. The number of allylic oxidation sites excluding steroid dienone is 2. The SMILES string of the molecule is COCCOC[C@]12[C@H]3[C@@H]4C(=C(C)C)[C@H]1[C@@]2(COCCOC)[C@@]34COCCOC. The molecular weight excluding hydrogens is 360 g/mol. The maximum atomic E-state index is 6.14. The van der Waals surface area contributed by atoms with Gasteiger partial charge in [0, 0.05) is 37.6 Å². The normalized spacial score (nSPS) is 41.0. The Hall–Kier alpha value is -0.500. The van der Waals surface area contributed by atoms with E-state index >= 15 is 0 Å². The number of hydrogen-bond acceptors (Lipinski definition) is 6. The zero-order valence-electron chi connectivity index (χ0n) is 18.0. The Kier molecular flexibility index (Phi) is 5.66. The van der Waals surface area contributed by atoms with Crippen molar-refractivity contribution in [3.63, 3.8) is 0 Å². The molecule has 0 aromatic rings. The van der Waals surface area contributed by atoms with Crippen molar-refractivity contribution in [3.05, 3.63) is 11.1 Å². The molecule has 5 rings (SSSR count). The van der Waals surface area contributed by atoms with E-state index in [-0.39, 0.29) is 16.2 Å². The average molecular weight is 397 g/mol. The van der Waals surface area contributed by atoms with Gasteiger partial charge < -0.3 is 28.4 Å². The first-order valence-electron chi connectivity index (χ1n) is 10.5. The van der Waals surface area contributed by atoms with Gasteiger partial charge in [-0.25, -0.2) is 0 Å². The fourth-order valence-electron chi connectivity index (χ4n) is 7.34. The predicted octanol–water partition coefficient (Wildman–Crippen LogP) is 2.17. The lowest BCUT2D eigenvalue weighted by atomic mass is 9.65. The molecule has 0 aromatic carbocycles. The van der Waals surface area contributed by atoms with Crippen molar-refractivity contribution in [3.8, 4) is 0 Å².